The Balaban J connectivity index is 2.06. The van der Waals surface area contributed by atoms with Crippen molar-refractivity contribution in [1.29, 1.82) is 0 Å². The number of alkyl halides is 2. The summed E-state index contributed by atoms with van der Waals surface area (Å²) in [6.45, 7) is 0.131. The lowest BCUT2D eigenvalue weighted by Crippen LogP contribution is -2.55. The molecule has 0 aromatic rings. The fourth-order valence-electron chi connectivity index (χ4n) is 2.42. The number of carbonyl (C=O) groups is 1. The number of hydrogen-bond donors (Lipinski definition) is 1. The number of fused-ring (bicyclic) bond motifs is 1. The van der Waals surface area contributed by atoms with Gasteiger partial charge in [-0.3, -0.25) is 4.79 Å². The molecule has 0 aromatic carbocycles. The molecule has 8 heteroatoms. The van der Waals surface area contributed by atoms with Gasteiger partial charge < -0.3 is 5.32 Å². The van der Waals surface area contributed by atoms with Crippen LogP contribution in [0.3, 0.4) is 0 Å². The van der Waals surface area contributed by atoms with Crippen molar-refractivity contribution in [3.63, 3.8) is 0 Å². The van der Waals surface area contributed by atoms with Crippen molar-refractivity contribution in [3.05, 3.63) is 0 Å². The fourth-order valence-corrected chi connectivity index (χ4v) is 3.41. The zero-order valence-corrected chi connectivity index (χ0v) is 9.92. The highest BCUT2D eigenvalue weighted by atomic mass is 32.2. The second-order valence-corrected chi connectivity index (χ2v) is 6.33. The van der Waals surface area contributed by atoms with E-state index in [-0.39, 0.29) is 31.0 Å². The molecule has 17 heavy (non-hydrogen) atoms. The van der Waals surface area contributed by atoms with Gasteiger partial charge in [-0.1, -0.05) is 0 Å². The second-order valence-electron chi connectivity index (χ2n) is 4.43. The van der Waals surface area contributed by atoms with Crippen LogP contribution in [-0.4, -0.2) is 43.5 Å². The molecule has 2 aliphatic rings. The highest BCUT2D eigenvalue weighted by molar-refractivity contribution is 7.89. The number of piperidine rings is 2. The van der Waals surface area contributed by atoms with Gasteiger partial charge in [-0.25, -0.2) is 8.42 Å². The number of rotatable bonds is 2. The summed E-state index contributed by atoms with van der Waals surface area (Å²) < 4.78 is 48.2. The summed E-state index contributed by atoms with van der Waals surface area (Å²) in [6.07, 6.45) is 1.30. The van der Waals surface area contributed by atoms with Gasteiger partial charge in [0, 0.05) is 25.6 Å². The third-order valence-electron chi connectivity index (χ3n) is 3.37. The van der Waals surface area contributed by atoms with E-state index < -0.39 is 15.8 Å². The molecule has 0 aromatic heterocycles. The minimum Gasteiger partial charge on any atom is -0.353 e. The molecule has 2 fully saturated rings. The van der Waals surface area contributed by atoms with Crippen LogP contribution in [0.1, 0.15) is 19.3 Å². The van der Waals surface area contributed by atoms with Crippen molar-refractivity contribution in [2.75, 3.05) is 13.1 Å². The maximum Gasteiger partial charge on any atom is 0.350 e. The normalized spacial score (nSPS) is 31.1. The molecule has 1 amide bonds. The standard InChI is InChI=1S/C9H14F2N2O3S/c10-9(11)17(15,16)13-4-3-7-6(5-13)1-2-8(14)12-7/h6-7,9H,1-5H2,(H,12,14). The third kappa shape index (κ3) is 2.42. The van der Waals surface area contributed by atoms with Crippen LogP contribution in [0.5, 0.6) is 0 Å². The number of amides is 1. The van der Waals surface area contributed by atoms with E-state index in [1.54, 1.807) is 0 Å². The number of halogens is 2. The first kappa shape index (κ1) is 12.7. The second kappa shape index (κ2) is 4.49. The summed E-state index contributed by atoms with van der Waals surface area (Å²) in [4.78, 5) is 11.1. The summed E-state index contributed by atoms with van der Waals surface area (Å²) in [5.74, 6) is -3.45. The van der Waals surface area contributed by atoms with Crippen molar-refractivity contribution >= 4 is 15.9 Å². The van der Waals surface area contributed by atoms with E-state index in [0.717, 1.165) is 4.31 Å². The Morgan fingerprint density at radius 1 is 1.35 bits per heavy atom. The van der Waals surface area contributed by atoms with Gasteiger partial charge in [0.15, 0.2) is 0 Å². The first-order chi connectivity index (χ1) is 7.91. The van der Waals surface area contributed by atoms with Gasteiger partial charge in [-0.2, -0.15) is 13.1 Å². The molecule has 98 valence electrons. The van der Waals surface area contributed by atoms with Crippen molar-refractivity contribution < 1.29 is 22.0 Å². The topological polar surface area (TPSA) is 66.5 Å². The molecule has 0 aliphatic carbocycles. The van der Waals surface area contributed by atoms with Gasteiger partial charge in [0.25, 0.3) is 10.0 Å². The SMILES string of the molecule is O=C1CCC2CN(S(=O)(=O)C(F)F)CCC2N1. The fraction of sp³-hybridized carbons (Fsp3) is 0.889. The Morgan fingerprint density at radius 2 is 2.06 bits per heavy atom. The average Bonchev–Trinajstić information content (AvgIpc) is 2.28. The van der Waals surface area contributed by atoms with E-state index >= 15 is 0 Å². The maximum atomic E-state index is 12.4. The van der Waals surface area contributed by atoms with Crippen LogP contribution in [0.2, 0.25) is 0 Å². The molecular formula is C9H14F2N2O3S. The lowest BCUT2D eigenvalue weighted by molar-refractivity contribution is -0.125. The van der Waals surface area contributed by atoms with Gasteiger partial charge >= 0.3 is 5.76 Å². The Hall–Kier alpha value is -0.760. The lowest BCUT2D eigenvalue weighted by Gasteiger charge is -2.40. The van der Waals surface area contributed by atoms with Gasteiger partial charge in [-0.15, -0.1) is 0 Å². The van der Waals surface area contributed by atoms with Gasteiger partial charge in [-0.05, 0) is 18.8 Å². The van der Waals surface area contributed by atoms with E-state index in [0.29, 0.717) is 19.3 Å². The third-order valence-corrected chi connectivity index (χ3v) is 4.87. The average molecular weight is 268 g/mol. The van der Waals surface area contributed by atoms with Gasteiger partial charge in [0.2, 0.25) is 5.91 Å². The van der Waals surface area contributed by atoms with Gasteiger partial charge in [0.1, 0.15) is 0 Å². The molecule has 1 N–H and O–H groups in total. The first-order valence-electron chi connectivity index (χ1n) is 5.47. The number of nitrogens with zero attached hydrogens (tertiary/aromatic N) is 1. The Bertz CT molecular complexity index is 412. The van der Waals surface area contributed by atoms with Crippen LogP contribution in [0.25, 0.3) is 0 Å². The maximum absolute atomic E-state index is 12.4. The first-order valence-corrected chi connectivity index (χ1v) is 6.98. The van der Waals surface area contributed by atoms with Crippen LogP contribution < -0.4 is 5.32 Å². The summed E-state index contributed by atoms with van der Waals surface area (Å²) in [7, 11) is -4.48. The lowest BCUT2D eigenvalue weighted by atomic mass is 9.86. The van der Waals surface area contributed by atoms with E-state index in [4.69, 9.17) is 0 Å². The molecule has 2 aliphatic heterocycles. The number of sulfonamides is 1. The van der Waals surface area contributed by atoms with Crippen LogP contribution in [0.4, 0.5) is 8.78 Å². The predicted octanol–water partition coefficient (Wildman–Crippen LogP) is 0.139. The van der Waals surface area contributed by atoms with Gasteiger partial charge in [0.05, 0.1) is 0 Å². The molecule has 2 heterocycles. The van der Waals surface area contributed by atoms with Crippen molar-refractivity contribution in [2.24, 2.45) is 5.92 Å². The van der Waals surface area contributed by atoms with Crippen molar-refractivity contribution in [2.45, 2.75) is 31.1 Å². The van der Waals surface area contributed by atoms with E-state index in [2.05, 4.69) is 5.32 Å². The molecule has 5 nitrogen and oxygen atoms in total. The Kier molecular flexibility index (Phi) is 3.35. The number of carbonyl (C=O) groups excluding carboxylic acids is 1. The number of nitrogens with one attached hydrogen (secondary N) is 1. The minimum absolute atomic E-state index is 0.0450. The van der Waals surface area contributed by atoms with Crippen LogP contribution >= 0.6 is 0 Å². The molecule has 0 radical (unpaired) electrons. The molecule has 2 unspecified atom stereocenters. The van der Waals surface area contributed by atoms with Crippen LogP contribution in [-0.2, 0) is 14.8 Å². The largest absolute Gasteiger partial charge is 0.353 e. The van der Waals surface area contributed by atoms with E-state index in [1.807, 2.05) is 0 Å². The molecular weight excluding hydrogens is 254 g/mol. The molecule has 0 bridgehead atoms. The molecule has 2 rings (SSSR count). The van der Waals surface area contributed by atoms with Crippen molar-refractivity contribution in [3.8, 4) is 0 Å². The van der Waals surface area contributed by atoms with Crippen LogP contribution in [0, 0.1) is 5.92 Å². The van der Waals surface area contributed by atoms with E-state index in [9.17, 15) is 22.0 Å². The zero-order valence-electron chi connectivity index (χ0n) is 9.10. The smallest absolute Gasteiger partial charge is 0.350 e. The predicted molar refractivity (Wildman–Crippen MR) is 55.8 cm³/mol. The van der Waals surface area contributed by atoms with E-state index in [1.165, 1.54) is 0 Å². The van der Waals surface area contributed by atoms with Crippen LogP contribution in [0.15, 0.2) is 0 Å². The zero-order chi connectivity index (χ0) is 12.6. The molecule has 0 spiro atoms. The highest BCUT2D eigenvalue weighted by Gasteiger charge is 2.40. The Labute approximate surface area is 98.2 Å². The number of hydrogen-bond acceptors (Lipinski definition) is 3. The summed E-state index contributed by atoms with van der Waals surface area (Å²) in [6, 6.07) is -0.0691. The highest BCUT2D eigenvalue weighted by Crippen LogP contribution is 2.28. The molecule has 2 saturated heterocycles. The molecule has 0 saturated carbocycles. The molecule has 2 atom stereocenters. The minimum atomic E-state index is -4.48. The Morgan fingerprint density at radius 3 is 2.71 bits per heavy atom. The monoisotopic (exact) mass is 268 g/mol. The summed E-state index contributed by atoms with van der Waals surface area (Å²) in [5.41, 5.74) is 0. The summed E-state index contributed by atoms with van der Waals surface area (Å²) in [5, 5.41) is 2.77. The van der Waals surface area contributed by atoms with Crippen molar-refractivity contribution in [1.82, 2.24) is 9.62 Å². The summed E-state index contributed by atoms with van der Waals surface area (Å²) >= 11 is 0. The quantitative estimate of drug-likeness (QED) is 0.774.